The highest BCUT2D eigenvalue weighted by Crippen LogP contribution is 2.24. The zero-order valence-corrected chi connectivity index (χ0v) is 12.1. The second kappa shape index (κ2) is 6.89. The van der Waals surface area contributed by atoms with Crippen LogP contribution in [0.3, 0.4) is 0 Å². The van der Waals surface area contributed by atoms with Gasteiger partial charge in [0.2, 0.25) is 0 Å². The lowest BCUT2D eigenvalue weighted by Crippen LogP contribution is -2.30. The van der Waals surface area contributed by atoms with Gasteiger partial charge in [-0.1, -0.05) is 12.1 Å². The van der Waals surface area contributed by atoms with E-state index in [2.05, 4.69) is 5.32 Å². The summed E-state index contributed by atoms with van der Waals surface area (Å²) in [4.78, 5) is 12.1. The van der Waals surface area contributed by atoms with Gasteiger partial charge >= 0.3 is 0 Å². The number of nitrogens with one attached hydrogen (secondary N) is 1. The molecule has 116 valence electrons. The Kier molecular flexibility index (Phi) is 4.93. The standard InChI is InChI=1S/C16H15F2NO3/c1-10(22-14-8-7-11(17)9-12(14)18)16(20)19-13-5-3-4-6-15(13)21-2/h3-10H,1-2H3,(H,19,20). The maximum atomic E-state index is 13.5. The number of carbonyl (C=O) groups is 1. The first-order chi connectivity index (χ1) is 10.5. The molecular formula is C16H15F2NO3. The number of halogens is 2. The van der Waals surface area contributed by atoms with Crippen molar-refractivity contribution in [3.05, 3.63) is 54.1 Å². The highest BCUT2D eigenvalue weighted by molar-refractivity contribution is 5.95. The number of carbonyl (C=O) groups excluding carboxylic acids is 1. The second-order valence-corrected chi connectivity index (χ2v) is 4.52. The van der Waals surface area contributed by atoms with Crippen molar-refractivity contribution in [2.45, 2.75) is 13.0 Å². The van der Waals surface area contributed by atoms with Crippen molar-refractivity contribution in [3.63, 3.8) is 0 Å². The molecular weight excluding hydrogens is 292 g/mol. The quantitative estimate of drug-likeness (QED) is 0.921. The Balaban J connectivity index is 2.06. The van der Waals surface area contributed by atoms with E-state index in [0.717, 1.165) is 12.1 Å². The molecule has 1 atom stereocenters. The third-order valence-corrected chi connectivity index (χ3v) is 2.93. The van der Waals surface area contributed by atoms with E-state index < -0.39 is 23.6 Å². The molecule has 1 unspecified atom stereocenters. The second-order valence-electron chi connectivity index (χ2n) is 4.52. The SMILES string of the molecule is COc1ccccc1NC(=O)C(C)Oc1ccc(F)cc1F. The summed E-state index contributed by atoms with van der Waals surface area (Å²) in [5, 5.41) is 2.63. The Morgan fingerprint density at radius 3 is 2.55 bits per heavy atom. The summed E-state index contributed by atoms with van der Waals surface area (Å²) in [5.74, 6) is -1.75. The summed E-state index contributed by atoms with van der Waals surface area (Å²) in [6.07, 6.45) is -0.968. The number of para-hydroxylation sites is 2. The lowest BCUT2D eigenvalue weighted by Gasteiger charge is -2.16. The molecule has 0 aliphatic rings. The molecule has 1 amide bonds. The lowest BCUT2D eigenvalue weighted by molar-refractivity contribution is -0.122. The topological polar surface area (TPSA) is 47.6 Å². The fourth-order valence-electron chi connectivity index (χ4n) is 1.80. The summed E-state index contributed by atoms with van der Waals surface area (Å²) in [6, 6.07) is 9.76. The number of hydrogen-bond donors (Lipinski definition) is 1. The van der Waals surface area contributed by atoms with Gasteiger partial charge in [0.05, 0.1) is 12.8 Å². The van der Waals surface area contributed by atoms with Crippen molar-refractivity contribution in [3.8, 4) is 11.5 Å². The molecule has 0 spiro atoms. The van der Waals surface area contributed by atoms with Crippen LogP contribution in [0.2, 0.25) is 0 Å². The smallest absolute Gasteiger partial charge is 0.265 e. The molecule has 22 heavy (non-hydrogen) atoms. The van der Waals surface area contributed by atoms with Crippen LogP contribution in [-0.4, -0.2) is 19.1 Å². The molecule has 0 saturated carbocycles. The molecule has 0 aromatic heterocycles. The Morgan fingerprint density at radius 2 is 1.86 bits per heavy atom. The highest BCUT2D eigenvalue weighted by atomic mass is 19.1. The maximum Gasteiger partial charge on any atom is 0.265 e. The number of amides is 1. The minimum atomic E-state index is -0.968. The van der Waals surface area contributed by atoms with Crippen LogP contribution in [-0.2, 0) is 4.79 Å². The monoisotopic (exact) mass is 307 g/mol. The first-order valence-electron chi connectivity index (χ1n) is 6.57. The average Bonchev–Trinajstić information content (AvgIpc) is 2.50. The highest BCUT2D eigenvalue weighted by Gasteiger charge is 2.18. The predicted octanol–water partition coefficient (Wildman–Crippen LogP) is 3.38. The Morgan fingerprint density at radius 1 is 1.14 bits per heavy atom. The van der Waals surface area contributed by atoms with E-state index >= 15 is 0 Å². The predicted molar refractivity (Wildman–Crippen MR) is 78.1 cm³/mol. The van der Waals surface area contributed by atoms with Crippen LogP contribution in [0.4, 0.5) is 14.5 Å². The third-order valence-electron chi connectivity index (χ3n) is 2.93. The van der Waals surface area contributed by atoms with Crippen LogP contribution < -0.4 is 14.8 Å². The summed E-state index contributed by atoms with van der Waals surface area (Å²) >= 11 is 0. The van der Waals surface area contributed by atoms with Crippen molar-refractivity contribution >= 4 is 11.6 Å². The molecule has 0 aliphatic heterocycles. The van der Waals surface area contributed by atoms with Gasteiger partial charge in [-0.05, 0) is 31.2 Å². The number of hydrogen-bond acceptors (Lipinski definition) is 3. The minimum Gasteiger partial charge on any atom is -0.495 e. The molecule has 0 aliphatic carbocycles. The summed E-state index contributed by atoms with van der Waals surface area (Å²) in [7, 11) is 1.48. The van der Waals surface area contributed by atoms with E-state index in [1.54, 1.807) is 24.3 Å². The number of rotatable bonds is 5. The van der Waals surface area contributed by atoms with E-state index in [0.29, 0.717) is 17.5 Å². The van der Waals surface area contributed by atoms with Gasteiger partial charge in [0.25, 0.3) is 5.91 Å². The van der Waals surface area contributed by atoms with Gasteiger partial charge in [-0.3, -0.25) is 4.79 Å². The Bertz CT molecular complexity index is 676. The lowest BCUT2D eigenvalue weighted by atomic mass is 10.2. The first kappa shape index (κ1) is 15.8. The van der Waals surface area contributed by atoms with Crippen LogP contribution >= 0.6 is 0 Å². The third kappa shape index (κ3) is 3.72. The van der Waals surface area contributed by atoms with Gasteiger partial charge in [0.15, 0.2) is 17.7 Å². The minimum absolute atomic E-state index is 0.191. The molecule has 0 radical (unpaired) electrons. The zero-order chi connectivity index (χ0) is 16.1. The molecule has 2 aromatic rings. The van der Waals surface area contributed by atoms with Gasteiger partial charge in [-0.25, -0.2) is 8.78 Å². The number of benzene rings is 2. The zero-order valence-electron chi connectivity index (χ0n) is 12.1. The fraction of sp³-hybridized carbons (Fsp3) is 0.188. The van der Waals surface area contributed by atoms with Gasteiger partial charge in [0, 0.05) is 6.07 Å². The van der Waals surface area contributed by atoms with Crippen LogP contribution in [0.1, 0.15) is 6.92 Å². The van der Waals surface area contributed by atoms with Crippen molar-refractivity contribution in [2.75, 3.05) is 12.4 Å². The van der Waals surface area contributed by atoms with Gasteiger partial charge in [-0.2, -0.15) is 0 Å². The summed E-state index contributed by atoms with van der Waals surface area (Å²) in [6.45, 7) is 1.47. The molecule has 4 nitrogen and oxygen atoms in total. The Hall–Kier alpha value is -2.63. The van der Waals surface area contributed by atoms with E-state index in [9.17, 15) is 13.6 Å². The molecule has 0 heterocycles. The van der Waals surface area contributed by atoms with Gasteiger partial charge in [-0.15, -0.1) is 0 Å². The maximum absolute atomic E-state index is 13.5. The first-order valence-corrected chi connectivity index (χ1v) is 6.57. The Labute approximate surface area is 126 Å². The van der Waals surface area contributed by atoms with Gasteiger partial charge in [0.1, 0.15) is 11.6 Å². The van der Waals surface area contributed by atoms with Crippen molar-refractivity contribution in [2.24, 2.45) is 0 Å². The fourth-order valence-corrected chi connectivity index (χ4v) is 1.80. The molecule has 6 heteroatoms. The van der Waals surface area contributed by atoms with E-state index in [1.165, 1.54) is 14.0 Å². The molecule has 0 saturated heterocycles. The molecule has 0 fully saturated rings. The van der Waals surface area contributed by atoms with Crippen LogP contribution in [0, 0.1) is 11.6 Å². The average molecular weight is 307 g/mol. The largest absolute Gasteiger partial charge is 0.495 e. The summed E-state index contributed by atoms with van der Waals surface area (Å²) < 4.78 is 36.7. The van der Waals surface area contributed by atoms with Crippen molar-refractivity contribution in [1.82, 2.24) is 0 Å². The van der Waals surface area contributed by atoms with E-state index in [-0.39, 0.29) is 5.75 Å². The summed E-state index contributed by atoms with van der Waals surface area (Å²) in [5.41, 5.74) is 0.477. The van der Waals surface area contributed by atoms with Crippen LogP contribution in [0.15, 0.2) is 42.5 Å². The van der Waals surface area contributed by atoms with Crippen LogP contribution in [0.25, 0.3) is 0 Å². The van der Waals surface area contributed by atoms with E-state index in [4.69, 9.17) is 9.47 Å². The molecule has 0 bridgehead atoms. The van der Waals surface area contributed by atoms with E-state index in [1.807, 2.05) is 0 Å². The number of methoxy groups -OCH3 is 1. The number of anilines is 1. The molecule has 2 aromatic carbocycles. The van der Waals surface area contributed by atoms with Gasteiger partial charge < -0.3 is 14.8 Å². The molecule has 2 rings (SSSR count). The van der Waals surface area contributed by atoms with Crippen LogP contribution in [0.5, 0.6) is 11.5 Å². The van der Waals surface area contributed by atoms with Crippen molar-refractivity contribution in [1.29, 1.82) is 0 Å². The van der Waals surface area contributed by atoms with Crippen molar-refractivity contribution < 1.29 is 23.0 Å². The number of ether oxygens (including phenoxy) is 2. The normalized spacial score (nSPS) is 11.6. The molecule has 1 N–H and O–H groups in total.